The Morgan fingerprint density at radius 2 is 2.17 bits per heavy atom. The average molecular weight is 245 g/mol. The molecule has 1 heterocycles. The highest BCUT2D eigenvalue weighted by molar-refractivity contribution is 5.85. The molecule has 0 unspecified atom stereocenters. The van der Waals surface area contributed by atoms with E-state index in [1.165, 1.54) is 0 Å². The van der Waals surface area contributed by atoms with Crippen molar-refractivity contribution in [2.24, 2.45) is 5.41 Å². The minimum absolute atomic E-state index is 0.196. The van der Waals surface area contributed by atoms with Crippen molar-refractivity contribution in [2.45, 2.75) is 40.2 Å². The van der Waals surface area contributed by atoms with Gasteiger partial charge < -0.3 is 5.32 Å². The molecule has 0 aromatic carbocycles. The molecule has 1 rings (SSSR count). The molecule has 96 valence electrons. The fourth-order valence-corrected chi connectivity index (χ4v) is 1.81. The van der Waals surface area contributed by atoms with Gasteiger partial charge in [0.2, 0.25) is 5.91 Å². The Balaban J connectivity index is 2.73. The second-order valence-corrected chi connectivity index (χ2v) is 4.39. The standard InChI is InChI=1S/C14H19N3O/c1-4-14(5-2,10-15)13(18)17-9-12-8-16-7-6-11(12)3/h6-8H,4-5,9H2,1-3H3,(H,17,18). The molecule has 1 aromatic rings. The van der Waals surface area contributed by atoms with E-state index in [4.69, 9.17) is 0 Å². The van der Waals surface area contributed by atoms with E-state index >= 15 is 0 Å². The van der Waals surface area contributed by atoms with Crippen molar-refractivity contribution in [3.05, 3.63) is 29.6 Å². The minimum Gasteiger partial charge on any atom is -0.351 e. The lowest BCUT2D eigenvalue weighted by molar-refractivity contribution is -0.128. The van der Waals surface area contributed by atoms with Gasteiger partial charge in [0.05, 0.1) is 6.07 Å². The molecule has 4 nitrogen and oxygen atoms in total. The maximum absolute atomic E-state index is 12.1. The molecule has 0 radical (unpaired) electrons. The van der Waals surface area contributed by atoms with E-state index in [2.05, 4.69) is 16.4 Å². The van der Waals surface area contributed by atoms with Crippen LogP contribution in [-0.4, -0.2) is 10.9 Å². The van der Waals surface area contributed by atoms with Crippen LogP contribution in [0.15, 0.2) is 18.5 Å². The summed E-state index contributed by atoms with van der Waals surface area (Å²) < 4.78 is 0. The second kappa shape index (κ2) is 6.15. The number of hydrogen-bond donors (Lipinski definition) is 1. The first-order chi connectivity index (χ1) is 8.59. The Morgan fingerprint density at radius 1 is 1.50 bits per heavy atom. The van der Waals surface area contributed by atoms with E-state index in [0.29, 0.717) is 19.4 Å². The van der Waals surface area contributed by atoms with Gasteiger partial charge in [0.1, 0.15) is 5.41 Å². The van der Waals surface area contributed by atoms with Crippen LogP contribution in [0.25, 0.3) is 0 Å². The van der Waals surface area contributed by atoms with Crippen molar-refractivity contribution in [2.75, 3.05) is 0 Å². The van der Waals surface area contributed by atoms with Gasteiger partial charge in [-0.1, -0.05) is 13.8 Å². The summed E-state index contributed by atoms with van der Waals surface area (Å²) in [4.78, 5) is 16.1. The summed E-state index contributed by atoms with van der Waals surface area (Å²) in [7, 11) is 0. The molecule has 1 N–H and O–H groups in total. The molecule has 4 heteroatoms. The zero-order valence-corrected chi connectivity index (χ0v) is 11.2. The summed E-state index contributed by atoms with van der Waals surface area (Å²) in [6.07, 6.45) is 4.51. The van der Waals surface area contributed by atoms with Crippen molar-refractivity contribution in [3.63, 3.8) is 0 Å². The molecule has 0 aliphatic rings. The topological polar surface area (TPSA) is 65.8 Å². The van der Waals surface area contributed by atoms with Crippen LogP contribution >= 0.6 is 0 Å². The maximum atomic E-state index is 12.1. The molecular formula is C14H19N3O. The number of carbonyl (C=O) groups excluding carboxylic acids is 1. The van der Waals surface area contributed by atoms with E-state index < -0.39 is 5.41 Å². The van der Waals surface area contributed by atoms with Gasteiger partial charge in [-0.05, 0) is 37.0 Å². The molecule has 0 saturated heterocycles. The number of nitrogens with one attached hydrogen (secondary N) is 1. The van der Waals surface area contributed by atoms with Crippen molar-refractivity contribution in [3.8, 4) is 6.07 Å². The van der Waals surface area contributed by atoms with Crippen LogP contribution < -0.4 is 5.32 Å². The Kier molecular flexibility index (Phi) is 4.85. The third kappa shape index (κ3) is 2.86. The first kappa shape index (κ1) is 14.2. The first-order valence-corrected chi connectivity index (χ1v) is 6.18. The van der Waals surface area contributed by atoms with E-state index in [-0.39, 0.29) is 5.91 Å². The van der Waals surface area contributed by atoms with Crippen LogP contribution in [0.2, 0.25) is 0 Å². The summed E-state index contributed by atoms with van der Waals surface area (Å²) in [6.45, 7) is 6.12. The van der Waals surface area contributed by atoms with E-state index in [1.54, 1.807) is 12.4 Å². The van der Waals surface area contributed by atoms with E-state index in [1.807, 2.05) is 26.8 Å². The molecule has 0 aliphatic heterocycles. The number of nitrogens with zero attached hydrogens (tertiary/aromatic N) is 2. The normalized spacial score (nSPS) is 10.8. The molecule has 0 aliphatic carbocycles. The lowest BCUT2D eigenvalue weighted by Crippen LogP contribution is -2.39. The van der Waals surface area contributed by atoms with Gasteiger partial charge in [-0.3, -0.25) is 9.78 Å². The highest BCUT2D eigenvalue weighted by Gasteiger charge is 2.34. The molecule has 0 fully saturated rings. The number of rotatable bonds is 5. The van der Waals surface area contributed by atoms with Gasteiger partial charge in [-0.15, -0.1) is 0 Å². The molecule has 1 amide bonds. The van der Waals surface area contributed by atoms with E-state index in [9.17, 15) is 10.1 Å². The van der Waals surface area contributed by atoms with Gasteiger partial charge in [-0.2, -0.15) is 5.26 Å². The number of amides is 1. The lowest BCUT2D eigenvalue weighted by Gasteiger charge is -2.22. The van der Waals surface area contributed by atoms with Gasteiger partial charge in [0, 0.05) is 18.9 Å². The predicted molar refractivity (Wildman–Crippen MR) is 69.4 cm³/mol. The Bertz CT molecular complexity index is 458. The quantitative estimate of drug-likeness (QED) is 0.865. The third-order valence-electron chi connectivity index (χ3n) is 3.44. The molecular weight excluding hydrogens is 226 g/mol. The number of pyridine rings is 1. The highest BCUT2D eigenvalue weighted by Crippen LogP contribution is 2.25. The van der Waals surface area contributed by atoms with Crippen LogP contribution in [-0.2, 0) is 11.3 Å². The Morgan fingerprint density at radius 3 is 2.67 bits per heavy atom. The van der Waals surface area contributed by atoms with Crippen molar-refractivity contribution in [1.29, 1.82) is 5.26 Å². The van der Waals surface area contributed by atoms with E-state index in [0.717, 1.165) is 11.1 Å². The van der Waals surface area contributed by atoms with Crippen LogP contribution in [0.3, 0.4) is 0 Å². The SMILES string of the molecule is CCC(C#N)(CC)C(=O)NCc1cnccc1C. The second-order valence-electron chi connectivity index (χ2n) is 4.39. The van der Waals surface area contributed by atoms with Crippen LogP contribution in [0.5, 0.6) is 0 Å². The van der Waals surface area contributed by atoms with Gasteiger partial charge in [0.25, 0.3) is 0 Å². The summed E-state index contributed by atoms with van der Waals surface area (Å²) in [5.74, 6) is -0.196. The molecule has 0 bridgehead atoms. The van der Waals surface area contributed by atoms with Gasteiger partial charge in [-0.25, -0.2) is 0 Å². The van der Waals surface area contributed by atoms with Crippen LogP contribution in [0.1, 0.15) is 37.8 Å². The molecule has 0 saturated carbocycles. The van der Waals surface area contributed by atoms with Crippen molar-refractivity contribution >= 4 is 5.91 Å². The smallest absolute Gasteiger partial charge is 0.240 e. The number of aryl methyl sites for hydroxylation is 1. The maximum Gasteiger partial charge on any atom is 0.240 e. The predicted octanol–water partition coefficient (Wildman–Crippen LogP) is 2.34. The largest absolute Gasteiger partial charge is 0.351 e. The summed E-state index contributed by atoms with van der Waals surface area (Å²) in [6, 6.07) is 4.04. The molecule has 0 atom stereocenters. The first-order valence-electron chi connectivity index (χ1n) is 6.18. The highest BCUT2D eigenvalue weighted by atomic mass is 16.2. The monoisotopic (exact) mass is 245 g/mol. The van der Waals surface area contributed by atoms with Crippen LogP contribution in [0.4, 0.5) is 0 Å². The fourth-order valence-electron chi connectivity index (χ4n) is 1.81. The molecule has 0 spiro atoms. The van der Waals surface area contributed by atoms with Crippen molar-refractivity contribution < 1.29 is 4.79 Å². The van der Waals surface area contributed by atoms with Crippen LogP contribution in [0, 0.1) is 23.7 Å². The Labute approximate surface area is 108 Å². The third-order valence-corrected chi connectivity index (χ3v) is 3.44. The number of hydrogen-bond acceptors (Lipinski definition) is 3. The number of nitriles is 1. The van der Waals surface area contributed by atoms with Crippen molar-refractivity contribution in [1.82, 2.24) is 10.3 Å². The summed E-state index contributed by atoms with van der Waals surface area (Å²) >= 11 is 0. The fraction of sp³-hybridized carbons (Fsp3) is 0.500. The molecule has 1 aromatic heterocycles. The average Bonchev–Trinajstić information content (AvgIpc) is 2.40. The number of aromatic nitrogens is 1. The lowest BCUT2D eigenvalue weighted by atomic mass is 9.83. The summed E-state index contributed by atoms with van der Waals surface area (Å²) in [5, 5.41) is 12.0. The zero-order chi connectivity index (χ0) is 13.6. The molecule has 18 heavy (non-hydrogen) atoms. The Hall–Kier alpha value is -1.89. The van der Waals surface area contributed by atoms with Gasteiger partial charge >= 0.3 is 0 Å². The van der Waals surface area contributed by atoms with Gasteiger partial charge in [0.15, 0.2) is 0 Å². The zero-order valence-electron chi connectivity index (χ0n) is 11.2. The summed E-state index contributed by atoms with van der Waals surface area (Å²) in [5.41, 5.74) is 1.15. The minimum atomic E-state index is -0.907. The number of carbonyl (C=O) groups is 1.